The molecule has 1 heterocycles. The van der Waals surface area contributed by atoms with Crippen molar-refractivity contribution in [2.45, 2.75) is 24.5 Å². The van der Waals surface area contributed by atoms with Crippen molar-refractivity contribution in [3.63, 3.8) is 0 Å². The quantitative estimate of drug-likeness (QED) is 0.487. The van der Waals surface area contributed by atoms with Crippen LogP contribution in [0.3, 0.4) is 0 Å². The number of carbonyl (C=O) groups is 1. The summed E-state index contributed by atoms with van der Waals surface area (Å²) in [5.41, 5.74) is 0.687. The number of anilines is 1. The molecule has 0 aliphatic carbocycles. The van der Waals surface area contributed by atoms with Gasteiger partial charge in [-0.3, -0.25) is 0 Å². The third-order valence-corrected chi connectivity index (χ3v) is 2.98. The first-order chi connectivity index (χ1) is 9.02. The van der Waals surface area contributed by atoms with Gasteiger partial charge in [0, 0.05) is 5.69 Å². The summed E-state index contributed by atoms with van der Waals surface area (Å²) in [4.78, 5) is 10.7. The molecule has 1 fully saturated rings. The number of carboxylic acid groups (broad SMARTS) is 1. The number of carboxylic acids is 1. The van der Waals surface area contributed by atoms with E-state index in [0.717, 1.165) is 0 Å². The molecule has 2 rings (SSSR count). The van der Waals surface area contributed by atoms with E-state index in [1.807, 2.05) is 0 Å². The van der Waals surface area contributed by atoms with Gasteiger partial charge in [-0.2, -0.15) is 0 Å². The zero-order valence-electron chi connectivity index (χ0n) is 9.93. The molecular formula is C12H15NO6. The number of aliphatic hydroxyl groups is 3. The average Bonchev–Trinajstić information content (AvgIpc) is 2.67. The lowest BCUT2D eigenvalue weighted by Crippen LogP contribution is -2.36. The van der Waals surface area contributed by atoms with Crippen LogP contribution >= 0.6 is 0 Å². The van der Waals surface area contributed by atoms with Gasteiger partial charge < -0.3 is 30.5 Å². The maximum atomic E-state index is 10.7. The second-order valence-corrected chi connectivity index (χ2v) is 4.29. The summed E-state index contributed by atoms with van der Waals surface area (Å²) in [7, 11) is 0. The standard InChI is InChI=1S/C12H15NO6/c14-5-8-9(15)10(16)11(19-8)13-7-3-1-6(2-4-7)12(17)18/h1-4,8-11,13-16H,5H2,(H,17,18)/t8-,9-,10-,11-/m1/s1. The molecule has 0 saturated carbocycles. The Morgan fingerprint density at radius 2 is 1.84 bits per heavy atom. The van der Waals surface area contributed by atoms with Crippen LogP contribution in [-0.2, 0) is 4.74 Å². The van der Waals surface area contributed by atoms with Crippen molar-refractivity contribution in [2.24, 2.45) is 0 Å². The predicted molar refractivity (Wildman–Crippen MR) is 64.8 cm³/mol. The molecule has 0 radical (unpaired) electrons. The SMILES string of the molecule is O=C(O)c1ccc(N[C@@H]2O[C@H](CO)[C@@H](O)[C@H]2O)cc1. The van der Waals surface area contributed by atoms with Crippen LogP contribution in [0.5, 0.6) is 0 Å². The average molecular weight is 269 g/mol. The molecule has 1 aromatic rings. The number of nitrogens with one attached hydrogen (secondary N) is 1. The highest BCUT2D eigenvalue weighted by atomic mass is 16.6. The summed E-state index contributed by atoms with van der Waals surface area (Å²) < 4.78 is 5.24. The van der Waals surface area contributed by atoms with E-state index in [0.29, 0.717) is 5.69 Å². The topological polar surface area (TPSA) is 119 Å². The van der Waals surface area contributed by atoms with E-state index in [1.54, 1.807) is 0 Å². The van der Waals surface area contributed by atoms with E-state index in [2.05, 4.69) is 5.32 Å². The number of aliphatic hydroxyl groups excluding tert-OH is 3. The first kappa shape index (κ1) is 13.8. The summed E-state index contributed by atoms with van der Waals surface area (Å²) in [5, 5.41) is 39.8. The molecule has 0 unspecified atom stereocenters. The molecular weight excluding hydrogens is 254 g/mol. The number of aromatic carboxylic acids is 1. The Labute approximate surface area is 109 Å². The minimum atomic E-state index is -1.17. The van der Waals surface area contributed by atoms with Crippen molar-refractivity contribution in [2.75, 3.05) is 11.9 Å². The van der Waals surface area contributed by atoms with E-state index in [1.165, 1.54) is 24.3 Å². The highest BCUT2D eigenvalue weighted by Crippen LogP contribution is 2.23. The van der Waals surface area contributed by atoms with Crippen LogP contribution in [-0.4, -0.2) is 57.5 Å². The van der Waals surface area contributed by atoms with Crippen LogP contribution in [0.1, 0.15) is 10.4 Å². The van der Waals surface area contributed by atoms with Crippen LogP contribution in [0.25, 0.3) is 0 Å². The minimum absolute atomic E-state index is 0.145. The van der Waals surface area contributed by atoms with E-state index >= 15 is 0 Å². The maximum Gasteiger partial charge on any atom is 0.335 e. The van der Waals surface area contributed by atoms with Gasteiger partial charge in [-0.15, -0.1) is 0 Å². The zero-order valence-corrected chi connectivity index (χ0v) is 9.93. The van der Waals surface area contributed by atoms with Crippen LogP contribution in [0.2, 0.25) is 0 Å². The number of hydrogen-bond donors (Lipinski definition) is 5. The molecule has 1 aromatic carbocycles. The van der Waals surface area contributed by atoms with Crippen molar-refractivity contribution in [1.29, 1.82) is 0 Å². The van der Waals surface area contributed by atoms with Gasteiger partial charge in [0.15, 0.2) is 6.23 Å². The lowest BCUT2D eigenvalue weighted by atomic mass is 10.1. The number of benzene rings is 1. The van der Waals surface area contributed by atoms with E-state index in [9.17, 15) is 15.0 Å². The normalized spacial score (nSPS) is 30.3. The van der Waals surface area contributed by atoms with E-state index < -0.39 is 37.1 Å². The molecule has 1 aliphatic heterocycles. The summed E-state index contributed by atoms with van der Waals surface area (Å²) in [6.07, 6.45) is -4.04. The van der Waals surface area contributed by atoms with Crippen LogP contribution in [0, 0.1) is 0 Å². The molecule has 19 heavy (non-hydrogen) atoms. The first-order valence-corrected chi connectivity index (χ1v) is 5.75. The molecule has 0 spiro atoms. The molecule has 7 heteroatoms. The predicted octanol–water partition coefficient (Wildman–Crippen LogP) is -0.764. The summed E-state index contributed by atoms with van der Waals surface area (Å²) >= 11 is 0. The van der Waals surface area contributed by atoms with Crippen molar-refractivity contribution in [3.8, 4) is 0 Å². The van der Waals surface area contributed by atoms with Crippen LogP contribution in [0.4, 0.5) is 5.69 Å². The third-order valence-electron chi connectivity index (χ3n) is 2.98. The highest BCUT2D eigenvalue weighted by Gasteiger charge is 2.42. The molecule has 0 aromatic heterocycles. The molecule has 1 saturated heterocycles. The second-order valence-electron chi connectivity index (χ2n) is 4.29. The van der Waals surface area contributed by atoms with Crippen molar-refractivity contribution in [3.05, 3.63) is 29.8 Å². The number of ether oxygens (including phenoxy) is 1. The Hall–Kier alpha value is -1.67. The van der Waals surface area contributed by atoms with Gasteiger partial charge >= 0.3 is 5.97 Å². The van der Waals surface area contributed by atoms with Gasteiger partial charge in [-0.1, -0.05) is 0 Å². The summed E-state index contributed by atoms with van der Waals surface area (Å²) in [6, 6.07) is 5.87. The van der Waals surface area contributed by atoms with Crippen LogP contribution in [0.15, 0.2) is 24.3 Å². The fourth-order valence-corrected chi connectivity index (χ4v) is 1.89. The molecule has 0 bridgehead atoms. The molecule has 0 amide bonds. The molecule has 7 nitrogen and oxygen atoms in total. The minimum Gasteiger partial charge on any atom is -0.478 e. The summed E-state index contributed by atoms with van der Waals surface area (Å²) in [6.45, 7) is -0.394. The largest absolute Gasteiger partial charge is 0.478 e. The molecule has 1 aliphatic rings. The second kappa shape index (κ2) is 5.54. The lowest BCUT2D eigenvalue weighted by Gasteiger charge is -2.17. The Morgan fingerprint density at radius 1 is 1.21 bits per heavy atom. The van der Waals surface area contributed by atoms with Gasteiger partial charge in [0.2, 0.25) is 0 Å². The Bertz CT molecular complexity index is 448. The highest BCUT2D eigenvalue weighted by molar-refractivity contribution is 5.87. The Kier molecular flexibility index (Phi) is 4.01. The van der Waals surface area contributed by atoms with Crippen molar-refractivity contribution >= 4 is 11.7 Å². The molecule has 104 valence electrons. The molecule has 4 atom stereocenters. The monoisotopic (exact) mass is 269 g/mol. The number of hydrogen-bond acceptors (Lipinski definition) is 6. The van der Waals surface area contributed by atoms with E-state index in [-0.39, 0.29) is 5.56 Å². The summed E-state index contributed by atoms with van der Waals surface area (Å²) in [5.74, 6) is -1.03. The Balaban J connectivity index is 2.03. The van der Waals surface area contributed by atoms with Gasteiger partial charge in [0.25, 0.3) is 0 Å². The van der Waals surface area contributed by atoms with Crippen molar-refractivity contribution < 1.29 is 30.0 Å². The van der Waals surface area contributed by atoms with Gasteiger partial charge in [0.1, 0.15) is 18.3 Å². The van der Waals surface area contributed by atoms with Crippen LogP contribution < -0.4 is 5.32 Å². The first-order valence-electron chi connectivity index (χ1n) is 5.75. The van der Waals surface area contributed by atoms with E-state index in [4.69, 9.17) is 14.9 Å². The third kappa shape index (κ3) is 2.85. The lowest BCUT2D eigenvalue weighted by molar-refractivity contribution is -0.0153. The molecule has 5 N–H and O–H groups in total. The van der Waals surface area contributed by atoms with Gasteiger partial charge in [-0.25, -0.2) is 4.79 Å². The zero-order chi connectivity index (χ0) is 14.0. The van der Waals surface area contributed by atoms with Gasteiger partial charge in [0.05, 0.1) is 12.2 Å². The Morgan fingerprint density at radius 3 is 2.32 bits per heavy atom. The fourth-order valence-electron chi connectivity index (χ4n) is 1.89. The number of rotatable bonds is 4. The smallest absolute Gasteiger partial charge is 0.335 e. The van der Waals surface area contributed by atoms with Gasteiger partial charge in [-0.05, 0) is 24.3 Å². The van der Waals surface area contributed by atoms with Crippen molar-refractivity contribution in [1.82, 2.24) is 0 Å². The maximum absolute atomic E-state index is 10.7. The fraction of sp³-hybridized carbons (Fsp3) is 0.417.